The predicted molar refractivity (Wildman–Crippen MR) is 71.9 cm³/mol. The lowest BCUT2D eigenvalue weighted by molar-refractivity contribution is -0.117. The maximum Gasteiger partial charge on any atom is 0.143 e. The van der Waals surface area contributed by atoms with Crippen LogP contribution in [0, 0.1) is 12.8 Å². The number of nitrogens with zero attached hydrogens (tertiary/aromatic N) is 1. The number of aliphatic hydroxyl groups is 1. The molecule has 1 atom stereocenters. The van der Waals surface area contributed by atoms with E-state index in [1.54, 1.807) is 14.0 Å². The molecule has 0 spiro atoms. The van der Waals surface area contributed by atoms with Gasteiger partial charge in [0.15, 0.2) is 0 Å². The van der Waals surface area contributed by atoms with Crippen molar-refractivity contribution >= 4 is 5.78 Å². The van der Waals surface area contributed by atoms with Crippen LogP contribution in [0.4, 0.5) is 0 Å². The van der Waals surface area contributed by atoms with E-state index in [0.29, 0.717) is 12.6 Å². The van der Waals surface area contributed by atoms with Crippen molar-refractivity contribution in [3.63, 3.8) is 0 Å². The van der Waals surface area contributed by atoms with Crippen LogP contribution in [0.5, 0.6) is 0 Å². The quantitative estimate of drug-likeness (QED) is 0.759. The number of Topliss-reactive ketones (excluding diaryl/α,β-unsaturated/α-hetero) is 1. The lowest BCUT2D eigenvalue weighted by Gasteiger charge is -2.12. The van der Waals surface area contributed by atoms with Crippen molar-refractivity contribution < 1.29 is 14.6 Å². The van der Waals surface area contributed by atoms with Crippen LogP contribution in [0.3, 0.4) is 0 Å². The Balaban J connectivity index is -0.000000285. The van der Waals surface area contributed by atoms with E-state index in [9.17, 15) is 4.79 Å². The van der Waals surface area contributed by atoms with Gasteiger partial charge in [-0.1, -0.05) is 13.8 Å². The summed E-state index contributed by atoms with van der Waals surface area (Å²) in [6.07, 6.45) is 9.40. The van der Waals surface area contributed by atoms with Gasteiger partial charge in [0.25, 0.3) is 0 Å². The van der Waals surface area contributed by atoms with Crippen molar-refractivity contribution in [3.8, 4) is 12.8 Å². The first-order chi connectivity index (χ1) is 8.22. The molecular formula is C13H27NO3. The predicted octanol–water partition coefficient (Wildman–Crippen LogP) is 1.18. The Morgan fingerprint density at radius 1 is 1.41 bits per heavy atom. The summed E-state index contributed by atoms with van der Waals surface area (Å²) in [5.41, 5.74) is 0. The summed E-state index contributed by atoms with van der Waals surface area (Å²) in [5, 5.41) is 7.00. The molecule has 1 rings (SSSR count). The molecule has 1 N–H and O–H groups in total. The van der Waals surface area contributed by atoms with Gasteiger partial charge in [0.1, 0.15) is 5.78 Å². The minimum Gasteiger partial charge on any atom is -0.400 e. The number of rotatable bonds is 3. The Kier molecular flexibility index (Phi) is 22.0. The molecular weight excluding hydrogens is 218 g/mol. The van der Waals surface area contributed by atoms with E-state index in [1.807, 2.05) is 13.8 Å². The minimum absolute atomic E-state index is 0.238. The molecule has 1 unspecified atom stereocenters. The number of ether oxygens (including phenoxy) is 1. The molecule has 17 heavy (non-hydrogen) atoms. The van der Waals surface area contributed by atoms with Gasteiger partial charge in [-0.15, -0.1) is 12.8 Å². The monoisotopic (exact) mass is 245 g/mol. The highest BCUT2D eigenvalue weighted by atomic mass is 16.5. The number of likely N-dealkylation sites (tertiary alicyclic amines) is 1. The van der Waals surface area contributed by atoms with Crippen molar-refractivity contribution in [2.75, 3.05) is 33.9 Å². The van der Waals surface area contributed by atoms with Crippen molar-refractivity contribution in [1.82, 2.24) is 4.90 Å². The second-order valence-electron chi connectivity index (χ2n) is 3.08. The van der Waals surface area contributed by atoms with Gasteiger partial charge >= 0.3 is 0 Å². The van der Waals surface area contributed by atoms with E-state index < -0.39 is 0 Å². The molecule has 0 saturated carbocycles. The summed E-state index contributed by atoms with van der Waals surface area (Å²) >= 11 is 0. The van der Waals surface area contributed by atoms with Crippen LogP contribution in [0.2, 0.25) is 0 Å². The van der Waals surface area contributed by atoms with E-state index in [-0.39, 0.29) is 5.78 Å². The third kappa shape index (κ3) is 13.0. The standard InChI is InChI=1S/C8H15NO2.C2H6.C2H2.CH4O/c1-7(10)5-9-4-3-8(6-9)11-2;3*1-2/h8H,3-6H2,1-2H3;1-2H3;1-2H;2H,1H3. The average Bonchev–Trinajstić information content (AvgIpc) is 2.83. The van der Waals surface area contributed by atoms with Crippen molar-refractivity contribution in [2.45, 2.75) is 33.3 Å². The normalized spacial score (nSPS) is 17.5. The van der Waals surface area contributed by atoms with Gasteiger partial charge in [-0.25, -0.2) is 0 Å². The Hall–Kier alpha value is -0.890. The van der Waals surface area contributed by atoms with Crippen LogP contribution in [0.25, 0.3) is 0 Å². The average molecular weight is 245 g/mol. The third-order valence-corrected chi connectivity index (χ3v) is 2.01. The molecule has 1 aliphatic heterocycles. The topological polar surface area (TPSA) is 49.8 Å². The van der Waals surface area contributed by atoms with Crippen LogP contribution >= 0.6 is 0 Å². The summed E-state index contributed by atoms with van der Waals surface area (Å²) in [7, 11) is 2.72. The van der Waals surface area contributed by atoms with Crippen molar-refractivity contribution in [1.29, 1.82) is 0 Å². The molecule has 4 heteroatoms. The molecule has 0 bridgehead atoms. The number of methoxy groups -OCH3 is 1. The summed E-state index contributed by atoms with van der Waals surface area (Å²) in [4.78, 5) is 12.8. The number of hydrogen-bond acceptors (Lipinski definition) is 4. The molecule has 0 radical (unpaired) electrons. The van der Waals surface area contributed by atoms with Gasteiger partial charge in [0.05, 0.1) is 12.6 Å². The smallest absolute Gasteiger partial charge is 0.143 e. The maximum absolute atomic E-state index is 10.7. The van der Waals surface area contributed by atoms with Crippen LogP contribution in [-0.4, -0.2) is 55.7 Å². The fourth-order valence-corrected chi connectivity index (χ4v) is 1.45. The summed E-state index contributed by atoms with van der Waals surface area (Å²) < 4.78 is 5.17. The molecule has 1 fully saturated rings. The summed E-state index contributed by atoms with van der Waals surface area (Å²) in [5.74, 6) is 0.238. The van der Waals surface area contributed by atoms with Crippen molar-refractivity contribution in [2.24, 2.45) is 0 Å². The Morgan fingerprint density at radius 2 is 1.88 bits per heavy atom. The van der Waals surface area contributed by atoms with E-state index in [2.05, 4.69) is 17.7 Å². The highest BCUT2D eigenvalue weighted by molar-refractivity contribution is 5.77. The Morgan fingerprint density at radius 3 is 2.18 bits per heavy atom. The lowest BCUT2D eigenvalue weighted by Crippen LogP contribution is -2.27. The number of carbonyl (C=O) groups is 1. The van der Waals surface area contributed by atoms with Gasteiger partial charge in [-0.2, -0.15) is 0 Å². The second kappa shape index (κ2) is 17.5. The fourth-order valence-electron chi connectivity index (χ4n) is 1.45. The molecule has 1 saturated heterocycles. The van der Waals surface area contributed by atoms with Crippen LogP contribution in [0.15, 0.2) is 0 Å². The number of hydrogen-bond donors (Lipinski definition) is 1. The SMILES string of the molecule is C#C.CC.CO.COC1CCN(CC(C)=O)C1. The van der Waals surface area contributed by atoms with Gasteiger partial charge in [0, 0.05) is 27.3 Å². The minimum atomic E-state index is 0.238. The number of ketones is 1. The zero-order valence-corrected chi connectivity index (χ0v) is 11.8. The largest absolute Gasteiger partial charge is 0.400 e. The van der Waals surface area contributed by atoms with Crippen LogP contribution in [0.1, 0.15) is 27.2 Å². The van der Waals surface area contributed by atoms with Gasteiger partial charge < -0.3 is 9.84 Å². The van der Waals surface area contributed by atoms with Crippen LogP contribution in [-0.2, 0) is 9.53 Å². The first-order valence-corrected chi connectivity index (χ1v) is 5.75. The Bertz CT molecular complexity index is 181. The third-order valence-electron chi connectivity index (χ3n) is 2.01. The molecule has 0 aromatic heterocycles. The van der Waals surface area contributed by atoms with E-state index >= 15 is 0 Å². The molecule has 0 aromatic rings. The number of aliphatic hydroxyl groups excluding tert-OH is 1. The molecule has 4 nitrogen and oxygen atoms in total. The number of terminal acetylenes is 1. The van der Waals surface area contributed by atoms with Gasteiger partial charge in [0.2, 0.25) is 0 Å². The summed E-state index contributed by atoms with van der Waals surface area (Å²) in [6.45, 7) is 8.12. The van der Waals surface area contributed by atoms with E-state index in [4.69, 9.17) is 9.84 Å². The molecule has 102 valence electrons. The maximum atomic E-state index is 10.7. The first kappa shape index (κ1) is 21.4. The highest BCUT2D eigenvalue weighted by Crippen LogP contribution is 2.10. The molecule has 0 aromatic carbocycles. The van der Waals surface area contributed by atoms with Gasteiger partial charge in [-0.05, 0) is 13.3 Å². The van der Waals surface area contributed by atoms with E-state index in [0.717, 1.165) is 26.6 Å². The summed E-state index contributed by atoms with van der Waals surface area (Å²) in [6, 6.07) is 0. The zero-order valence-electron chi connectivity index (χ0n) is 11.8. The van der Waals surface area contributed by atoms with Crippen LogP contribution < -0.4 is 0 Å². The van der Waals surface area contributed by atoms with E-state index in [1.165, 1.54) is 0 Å². The first-order valence-electron chi connectivity index (χ1n) is 5.75. The van der Waals surface area contributed by atoms with Crippen molar-refractivity contribution in [3.05, 3.63) is 0 Å². The van der Waals surface area contributed by atoms with Gasteiger partial charge in [-0.3, -0.25) is 9.69 Å². The fraction of sp³-hybridized carbons (Fsp3) is 0.769. The zero-order chi connectivity index (χ0) is 14.3. The molecule has 0 aliphatic carbocycles. The molecule has 1 aliphatic rings. The highest BCUT2D eigenvalue weighted by Gasteiger charge is 2.22. The lowest BCUT2D eigenvalue weighted by atomic mass is 10.3. The Labute approximate surface area is 106 Å². The molecule has 0 amide bonds. The number of carbonyl (C=O) groups excluding carboxylic acids is 1. The molecule has 1 heterocycles. The second-order valence-corrected chi connectivity index (χ2v) is 3.08.